The zero-order valence-electron chi connectivity index (χ0n) is 12.0. The van der Waals surface area contributed by atoms with Crippen molar-refractivity contribution < 1.29 is 9.84 Å². The third-order valence-corrected chi connectivity index (χ3v) is 3.83. The summed E-state index contributed by atoms with van der Waals surface area (Å²) in [7, 11) is 1.62. The van der Waals surface area contributed by atoms with Crippen LogP contribution >= 0.6 is 11.6 Å². The highest BCUT2D eigenvalue weighted by Gasteiger charge is 2.18. The van der Waals surface area contributed by atoms with Crippen LogP contribution in [0.1, 0.15) is 5.56 Å². The molecular weight excluding hydrogens is 300 g/mol. The first-order chi connectivity index (χ1) is 10.7. The van der Waals surface area contributed by atoms with Gasteiger partial charge in [0, 0.05) is 11.1 Å². The van der Waals surface area contributed by atoms with Gasteiger partial charge in [-0.1, -0.05) is 29.8 Å². The van der Waals surface area contributed by atoms with Crippen molar-refractivity contribution in [3.63, 3.8) is 0 Å². The average Bonchev–Trinajstić information content (AvgIpc) is 2.92. The molecule has 0 fully saturated rings. The van der Waals surface area contributed by atoms with Crippen LogP contribution in [0.4, 0.5) is 0 Å². The summed E-state index contributed by atoms with van der Waals surface area (Å²) in [4.78, 5) is 0. The molecule has 0 bridgehead atoms. The van der Waals surface area contributed by atoms with Crippen LogP contribution in [0.2, 0.25) is 5.15 Å². The summed E-state index contributed by atoms with van der Waals surface area (Å²) >= 11 is 6.39. The van der Waals surface area contributed by atoms with E-state index < -0.39 is 0 Å². The Balaban J connectivity index is 2.11. The Morgan fingerprint density at radius 2 is 1.77 bits per heavy atom. The van der Waals surface area contributed by atoms with Gasteiger partial charge in [0.05, 0.1) is 25.1 Å². The third kappa shape index (κ3) is 2.58. The van der Waals surface area contributed by atoms with E-state index in [9.17, 15) is 5.11 Å². The van der Waals surface area contributed by atoms with Gasteiger partial charge in [0.1, 0.15) is 10.9 Å². The van der Waals surface area contributed by atoms with E-state index in [2.05, 4.69) is 5.10 Å². The maximum Gasteiger partial charge on any atom is 0.139 e. The molecule has 1 aromatic heterocycles. The minimum atomic E-state index is -0.174. The van der Waals surface area contributed by atoms with Gasteiger partial charge >= 0.3 is 0 Å². The third-order valence-electron chi connectivity index (χ3n) is 3.44. The van der Waals surface area contributed by atoms with Crippen molar-refractivity contribution >= 4 is 11.6 Å². The van der Waals surface area contributed by atoms with Crippen molar-refractivity contribution in [3.8, 4) is 22.7 Å². The summed E-state index contributed by atoms with van der Waals surface area (Å²) in [6, 6.07) is 17.1. The molecule has 0 saturated carbocycles. The summed E-state index contributed by atoms with van der Waals surface area (Å²) in [6.07, 6.45) is 0. The molecule has 1 N–H and O–H groups in total. The lowest BCUT2D eigenvalue weighted by molar-refractivity contribution is 0.282. The lowest BCUT2D eigenvalue weighted by Gasteiger charge is -2.02. The number of benzene rings is 2. The predicted octanol–water partition coefficient (Wildman–Crippen LogP) is 3.69. The zero-order chi connectivity index (χ0) is 15.5. The Morgan fingerprint density at radius 1 is 1.09 bits per heavy atom. The molecule has 4 nitrogen and oxygen atoms in total. The Kier molecular flexibility index (Phi) is 4.13. The molecule has 112 valence electrons. The van der Waals surface area contributed by atoms with Crippen LogP contribution < -0.4 is 4.74 Å². The molecular formula is C17H15ClN2O2. The second-order valence-corrected chi connectivity index (χ2v) is 5.11. The van der Waals surface area contributed by atoms with Crippen LogP contribution in [0, 0.1) is 0 Å². The lowest BCUT2D eigenvalue weighted by atomic mass is 10.1. The van der Waals surface area contributed by atoms with Crippen LogP contribution in [0.5, 0.6) is 5.75 Å². The Bertz CT molecular complexity index is 767. The summed E-state index contributed by atoms with van der Waals surface area (Å²) < 4.78 is 6.79. The van der Waals surface area contributed by atoms with Gasteiger partial charge < -0.3 is 9.84 Å². The first-order valence-corrected chi connectivity index (χ1v) is 7.20. The first-order valence-electron chi connectivity index (χ1n) is 6.82. The van der Waals surface area contributed by atoms with E-state index in [1.807, 2.05) is 54.6 Å². The van der Waals surface area contributed by atoms with Gasteiger partial charge in [-0.25, -0.2) is 4.68 Å². The van der Waals surface area contributed by atoms with Crippen molar-refractivity contribution in [2.24, 2.45) is 0 Å². The average molecular weight is 315 g/mol. The molecule has 2 aromatic carbocycles. The van der Waals surface area contributed by atoms with E-state index in [1.54, 1.807) is 11.8 Å². The molecule has 0 aliphatic heterocycles. The number of aliphatic hydroxyl groups excluding tert-OH is 1. The quantitative estimate of drug-likeness (QED) is 0.799. The van der Waals surface area contributed by atoms with E-state index in [4.69, 9.17) is 16.3 Å². The van der Waals surface area contributed by atoms with Crippen LogP contribution in [0.15, 0.2) is 54.6 Å². The topological polar surface area (TPSA) is 47.3 Å². The molecule has 3 aromatic rings. The van der Waals surface area contributed by atoms with Crippen LogP contribution in [0.25, 0.3) is 16.9 Å². The molecule has 22 heavy (non-hydrogen) atoms. The zero-order valence-corrected chi connectivity index (χ0v) is 12.8. The molecule has 0 atom stereocenters. The number of nitrogens with zero attached hydrogens (tertiary/aromatic N) is 2. The normalized spacial score (nSPS) is 10.7. The van der Waals surface area contributed by atoms with Crippen molar-refractivity contribution in [1.29, 1.82) is 0 Å². The Morgan fingerprint density at radius 3 is 2.36 bits per heavy atom. The Labute approximate surface area is 133 Å². The first kappa shape index (κ1) is 14.6. The van der Waals surface area contributed by atoms with Crippen molar-refractivity contribution in [2.45, 2.75) is 6.61 Å². The molecule has 0 aliphatic carbocycles. The fraction of sp³-hybridized carbons (Fsp3) is 0.118. The number of ether oxygens (including phenoxy) is 1. The van der Waals surface area contributed by atoms with Crippen molar-refractivity contribution in [2.75, 3.05) is 7.11 Å². The van der Waals surface area contributed by atoms with E-state index in [0.717, 1.165) is 17.0 Å². The van der Waals surface area contributed by atoms with Gasteiger partial charge in [0.25, 0.3) is 0 Å². The molecule has 0 amide bonds. The van der Waals surface area contributed by atoms with Crippen molar-refractivity contribution in [3.05, 3.63) is 65.3 Å². The monoisotopic (exact) mass is 314 g/mol. The summed E-state index contributed by atoms with van der Waals surface area (Å²) in [5.41, 5.74) is 3.00. The second kappa shape index (κ2) is 6.22. The van der Waals surface area contributed by atoms with E-state index >= 15 is 0 Å². The standard InChI is InChI=1S/C17H15ClN2O2/c1-22-14-9-7-12(8-10-14)16-15(11-21)17(18)20(19-16)13-5-3-2-4-6-13/h2-10,21H,11H2,1H3. The van der Waals surface area contributed by atoms with Gasteiger partial charge in [-0.15, -0.1) is 0 Å². The molecule has 0 radical (unpaired) electrons. The fourth-order valence-electron chi connectivity index (χ4n) is 2.29. The number of rotatable bonds is 4. The number of hydrogen-bond donors (Lipinski definition) is 1. The molecule has 5 heteroatoms. The second-order valence-electron chi connectivity index (χ2n) is 4.75. The van der Waals surface area contributed by atoms with Gasteiger partial charge in [0.15, 0.2) is 0 Å². The van der Waals surface area contributed by atoms with E-state index in [1.165, 1.54) is 0 Å². The van der Waals surface area contributed by atoms with Crippen LogP contribution in [-0.4, -0.2) is 22.0 Å². The minimum Gasteiger partial charge on any atom is -0.497 e. The van der Waals surface area contributed by atoms with Crippen LogP contribution in [0.3, 0.4) is 0 Å². The number of para-hydroxylation sites is 1. The van der Waals surface area contributed by atoms with Gasteiger partial charge in [-0.2, -0.15) is 5.10 Å². The SMILES string of the molecule is COc1ccc(-c2nn(-c3ccccc3)c(Cl)c2CO)cc1. The molecule has 0 unspecified atom stereocenters. The number of aromatic nitrogens is 2. The lowest BCUT2D eigenvalue weighted by Crippen LogP contribution is -1.96. The number of halogens is 1. The summed E-state index contributed by atoms with van der Waals surface area (Å²) in [5, 5.41) is 14.6. The van der Waals surface area contributed by atoms with Gasteiger partial charge in [-0.3, -0.25) is 0 Å². The van der Waals surface area contributed by atoms with Crippen molar-refractivity contribution in [1.82, 2.24) is 9.78 Å². The predicted molar refractivity (Wildman–Crippen MR) is 86.5 cm³/mol. The Hall–Kier alpha value is -2.30. The highest BCUT2D eigenvalue weighted by atomic mass is 35.5. The maximum atomic E-state index is 9.66. The highest BCUT2D eigenvalue weighted by molar-refractivity contribution is 6.31. The maximum absolute atomic E-state index is 9.66. The smallest absolute Gasteiger partial charge is 0.139 e. The van der Waals surface area contributed by atoms with E-state index in [0.29, 0.717) is 16.4 Å². The molecule has 0 spiro atoms. The molecule has 0 aliphatic rings. The molecule has 1 heterocycles. The number of aliphatic hydroxyl groups is 1. The minimum absolute atomic E-state index is 0.174. The highest BCUT2D eigenvalue weighted by Crippen LogP contribution is 2.31. The van der Waals surface area contributed by atoms with E-state index in [-0.39, 0.29) is 6.61 Å². The summed E-state index contributed by atoms with van der Waals surface area (Å²) in [6.45, 7) is -0.174. The molecule has 0 saturated heterocycles. The fourth-order valence-corrected chi connectivity index (χ4v) is 2.58. The number of methoxy groups -OCH3 is 1. The van der Waals surface area contributed by atoms with Gasteiger partial charge in [-0.05, 0) is 36.4 Å². The van der Waals surface area contributed by atoms with Gasteiger partial charge in [0.2, 0.25) is 0 Å². The molecule has 3 rings (SSSR count). The van der Waals surface area contributed by atoms with Crippen LogP contribution in [-0.2, 0) is 6.61 Å². The largest absolute Gasteiger partial charge is 0.497 e. The summed E-state index contributed by atoms with van der Waals surface area (Å²) in [5.74, 6) is 0.767. The number of hydrogen-bond acceptors (Lipinski definition) is 3.